The van der Waals surface area contributed by atoms with Crippen LogP contribution in [0.4, 0.5) is 5.69 Å². The highest BCUT2D eigenvalue weighted by atomic mass is 16.5. The normalized spacial score (nSPS) is 10.1. The summed E-state index contributed by atoms with van der Waals surface area (Å²) >= 11 is 0. The number of benzene rings is 1. The Hall–Kier alpha value is -2.03. The van der Waals surface area contributed by atoms with Gasteiger partial charge >= 0.3 is 0 Å². The van der Waals surface area contributed by atoms with Crippen molar-refractivity contribution in [3.05, 3.63) is 54.4 Å². The third-order valence-corrected chi connectivity index (χ3v) is 2.46. The van der Waals surface area contributed by atoms with Crippen molar-refractivity contribution in [1.29, 1.82) is 0 Å². The summed E-state index contributed by atoms with van der Waals surface area (Å²) in [7, 11) is 0. The van der Waals surface area contributed by atoms with Crippen LogP contribution in [-0.4, -0.2) is 11.6 Å². The summed E-state index contributed by atoms with van der Waals surface area (Å²) in [6.45, 7) is 0.695. The highest BCUT2D eigenvalue weighted by Gasteiger charge is 1.95. The Kier molecular flexibility index (Phi) is 3.97. The zero-order valence-electron chi connectivity index (χ0n) is 9.67. The van der Waals surface area contributed by atoms with Gasteiger partial charge in [0.2, 0.25) is 0 Å². The summed E-state index contributed by atoms with van der Waals surface area (Å²) < 4.78 is 5.56. The fourth-order valence-corrected chi connectivity index (χ4v) is 1.65. The van der Waals surface area contributed by atoms with Gasteiger partial charge in [-0.3, -0.25) is 4.98 Å². The number of hydrogen-bond acceptors (Lipinski definition) is 3. The summed E-state index contributed by atoms with van der Waals surface area (Å²) in [4.78, 5) is 3.99. The second kappa shape index (κ2) is 5.89. The molecule has 0 atom stereocenters. The fraction of sp³-hybridized carbons (Fsp3) is 0.214. The molecular formula is C14H16N2O. The lowest BCUT2D eigenvalue weighted by Gasteiger charge is -2.05. The van der Waals surface area contributed by atoms with E-state index in [0.29, 0.717) is 6.61 Å². The van der Waals surface area contributed by atoms with Crippen LogP contribution in [0, 0.1) is 0 Å². The minimum atomic E-state index is 0.695. The molecule has 17 heavy (non-hydrogen) atoms. The summed E-state index contributed by atoms with van der Waals surface area (Å²) in [5.74, 6) is 0.820. The SMILES string of the molecule is Nc1cccc(CCCOc2cccnc2)c1. The zero-order valence-corrected chi connectivity index (χ0v) is 9.67. The largest absolute Gasteiger partial charge is 0.492 e. The van der Waals surface area contributed by atoms with Crippen LogP contribution < -0.4 is 10.5 Å². The number of nitrogens with zero attached hydrogens (tertiary/aromatic N) is 1. The summed E-state index contributed by atoms with van der Waals surface area (Å²) in [5.41, 5.74) is 7.78. The van der Waals surface area contributed by atoms with Crippen molar-refractivity contribution in [2.24, 2.45) is 0 Å². The van der Waals surface area contributed by atoms with E-state index in [1.165, 1.54) is 5.56 Å². The number of ether oxygens (including phenoxy) is 1. The molecule has 1 aromatic carbocycles. The first-order chi connectivity index (χ1) is 8.34. The molecule has 2 aromatic rings. The van der Waals surface area contributed by atoms with Crippen molar-refractivity contribution in [2.75, 3.05) is 12.3 Å². The smallest absolute Gasteiger partial charge is 0.137 e. The highest BCUT2D eigenvalue weighted by Crippen LogP contribution is 2.10. The van der Waals surface area contributed by atoms with Crippen LogP contribution in [0.3, 0.4) is 0 Å². The molecule has 1 heterocycles. The molecule has 0 aliphatic rings. The van der Waals surface area contributed by atoms with E-state index in [4.69, 9.17) is 10.5 Å². The molecule has 0 radical (unpaired) electrons. The standard InChI is InChI=1S/C14H16N2O/c15-13-6-1-4-12(10-13)5-3-9-17-14-7-2-8-16-11-14/h1-2,4,6-8,10-11H,3,5,9,15H2. The first kappa shape index (κ1) is 11.5. The quantitative estimate of drug-likeness (QED) is 0.632. The van der Waals surface area contributed by atoms with Crippen LogP contribution in [-0.2, 0) is 6.42 Å². The lowest BCUT2D eigenvalue weighted by molar-refractivity contribution is 0.310. The van der Waals surface area contributed by atoms with E-state index >= 15 is 0 Å². The maximum Gasteiger partial charge on any atom is 0.137 e. The van der Waals surface area contributed by atoms with E-state index < -0.39 is 0 Å². The molecular weight excluding hydrogens is 212 g/mol. The molecule has 2 rings (SSSR count). The van der Waals surface area contributed by atoms with Crippen LogP contribution in [0.1, 0.15) is 12.0 Å². The number of aryl methyl sites for hydroxylation is 1. The molecule has 0 amide bonds. The molecule has 3 heteroatoms. The Bertz CT molecular complexity index is 457. The van der Waals surface area contributed by atoms with Crippen molar-refractivity contribution in [3.8, 4) is 5.75 Å². The third kappa shape index (κ3) is 3.79. The lowest BCUT2D eigenvalue weighted by Crippen LogP contribution is -1.99. The molecule has 3 nitrogen and oxygen atoms in total. The van der Waals surface area contributed by atoms with E-state index in [1.807, 2.05) is 30.3 Å². The predicted molar refractivity (Wildman–Crippen MR) is 68.9 cm³/mol. The Morgan fingerprint density at radius 2 is 2.12 bits per heavy atom. The van der Waals surface area contributed by atoms with Crippen molar-refractivity contribution in [2.45, 2.75) is 12.8 Å². The van der Waals surface area contributed by atoms with Gasteiger partial charge in [-0.1, -0.05) is 12.1 Å². The Morgan fingerprint density at radius 3 is 2.88 bits per heavy atom. The number of anilines is 1. The second-order valence-electron chi connectivity index (χ2n) is 3.89. The first-order valence-electron chi connectivity index (χ1n) is 5.72. The number of hydrogen-bond donors (Lipinski definition) is 1. The van der Waals surface area contributed by atoms with Crippen LogP contribution in [0.25, 0.3) is 0 Å². The number of nitrogens with two attached hydrogens (primary N) is 1. The maximum atomic E-state index is 5.71. The number of rotatable bonds is 5. The topological polar surface area (TPSA) is 48.1 Å². The minimum Gasteiger partial charge on any atom is -0.492 e. The van der Waals surface area contributed by atoms with Gasteiger partial charge < -0.3 is 10.5 Å². The molecule has 1 aromatic heterocycles. The van der Waals surface area contributed by atoms with Crippen molar-refractivity contribution >= 4 is 5.69 Å². The molecule has 0 aliphatic heterocycles. The molecule has 0 aliphatic carbocycles. The fourth-order valence-electron chi connectivity index (χ4n) is 1.65. The van der Waals surface area contributed by atoms with Gasteiger partial charge in [0, 0.05) is 11.9 Å². The molecule has 0 saturated heterocycles. The Morgan fingerprint density at radius 1 is 1.18 bits per heavy atom. The molecule has 0 unspecified atom stereocenters. The van der Waals surface area contributed by atoms with E-state index in [2.05, 4.69) is 11.1 Å². The molecule has 2 N–H and O–H groups in total. The second-order valence-corrected chi connectivity index (χ2v) is 3.89. The summed E-state index contributed by atoms with van der Waals surface area (Å²) in [6, 6.07) is 11.7. The van der Waals surface area contributed by atoms with Gasteiger partial charge in [0.25, 0.3) is 0 Å². The predicted octanol–water partition coefficient (Wildman–Crippen LogP) is 2.68. The molecule has 88 valence electrons. The van der Waals surface area contributed by atoms with Crippen LogP contribution >= 0.6 is 0 Å². The molecule has 0 spiro atoms. The summed E-state index contributed by atoms with van der Waals surface area (Å²) in [6.07, 6.45) is 5.41. The molecule has 0 bridgehead atoms. The van der Waals surface area contributed by atoms with Gasteiger partial charge in [-0.25, -0.2) is 0 Å². The third-order valence-electron chi connectivity index (χ3n) is 2.46. The van der Waals surface area contributed by atoms with E-state index in [-0.39, 0.29) is 0 Å². The zero-order chi connectivity index (χ0) is 11.9. The monoisotopic (exact) mass is 228 g/mol. The number of nitrogen functional groups attached to an aromatic ring is 1. The van der Waals surface area contributed by atoms with E-state index in [0.717, 1.165) is 24.3 Å². The maximum absolute atomic E-state index is 5.71. The first-order valence-corrected chi connectivity index (χ1v) is 5.72. The van der Waals surface area contributed by atoms with Gasteiger partial charge in [0.1, 0.15) is 5.75 Å². The van der Waals surface area contributed by atoms with E-state index in [9.17, 15) is 0 Å². The summed E-state index contributed by atoms with van der Waals surface area (Å²) in [5, 5.41) is 0. The van der Waals surface area contributed by atoms with E-state index in [1.54, 1.807) is 12.4 Å². The number of pyridine rings is 1. The van der Waals surface area contributed by atoms with Crippen LogP contribution in [0.2, 0.25) is 0 Å². The van der Waals surface area contributed by atoms with Gasteiger partial charge in [0.05, 0.1) is 12.8 Å². The Labute approximate surface area is 101 Å². The van der Waals surface area contributed by atoms with Crippen molar-refractivity contribution in [3.63, 3.8) is 0 Å². The van der Waals surface area contributed by atoms with Crippen LogP contribution in [0.5, 0.6) is 5.75 Å². The molecule has 0 fully saturated rings. The number of aromatic nitrogens is 1. The highest BCUT2D eigenvalue weighted by molar-refractivity contribution is 5.40. The van der Waals surface area contributed by atoms with Crippen LogP contribution in [0.15, 0.2) is 48.8 Å². The van der Waals surface area contributed by atoms with Gasteiger partial charge in [0.15, 0.2) is 0 Å². The average molecular weight is 228 g/mol. The van der Waals surface area contributed by atoms with Crippen molar-refractivity contribution in [1.82, 2.24) is 4.98 Å². The van der Waals surface area contributed by atoms with Gasteiger partial charge in [-0.15, -0.1) is 0 Å². The average Bonchev–Trinajstić information content (AvgIpc) is 2.36. The van der Waals surface area contributed by atoms with Crippen molar-refractivity contribution < 1.29 is 4.74 Å². The van der Waals surface area contributed by atoms with Gasteiger partial charge in [-0.05, 0) is 42.7 Å². The van der Waals surface area contributed by atoms with Gasteiger partial charge in [-0.2, -0.15) is 0 Å². The Balaban J connectivity index is 1.73. The molecule has 0 saturated carbocycles. The lowest BCUT2D eigenvalue weighted by atomic mass is 10.1. The minimum absolute atomic E-state index is 0.695.